The predicted molar refractivity (Wildman–Crippen MR) is 152 cm³/mol. The molecule has 0 spiro atoms. The molecule has 0 aliphatic carbocycles. The predicted octanol–water partition coefficient (Wildman–Crippen LogP) is 5.48. The van der Waals surface area contributed by atoms with Crippen LogP contribution in [0.4, 0.5) is 0 Å². The summed E-state index contributed by atoms with van der Waals surface area (Å²) in [6.45, 7) is 3.07. The van der Waals surface area contributed by atoms with Crippen LogP contribution < -0.4 is 5.69 Å². The Morgan fingerprint density at radius 1 is 0.821 bits per heavy atom. The lowest BCUT2D eigenvalue weighted by molar-refractivity contribution is 0.639. The lowest BCUT2D eigenvalue weighted by Gasteiger charge is -2.09. The molecule has 39 heavy (non-hydrogen) atoms. The van der Waals surface area contributed by atoms with Crippen molar-refractivity contribution < 1.29 is 0 Å². The number of nitrogens with zero attached hydrogens (tertiary/aromatic N) is 6. The third-order valence-electron chi connectivity index (χ3n) is 7.09. The Hall–Kier alpha value is -4.85. The minimum atomic E-state index is -0.0821. The second kappa shape index (κ2) is 10.9. The van der Waals surface area contributed by atoms with E-state index >= 15 is 0 Å². The first-order valence-corrected chi connectivity index (χ1v) is 13.3. The zero-order chi connectivity index (χ0) is 26.6. The van der Waals surface area contributed by atoms with Gasteiger partial charge in [-0.15, -0.1) is 5.10 Å². The van der Waals surface area contributed by atoms with Crippen LogP contribution in [-0.4, -0.2) is 35.0 Å². The zero-order valence-corrected chi connectivity index (χ0v) is 21.8. The summed E-state index contributed by atoms with van der Waals surface area (Å²) >= 11 is 0. The maximum atomic E-state index is 13.6. The Labute approximate surface area is 226 Å². The highest BCUT2D eigenvalue weighted by Crippen LogP contribution is 2.30. The van der Waals surface area contributed by atoms with Crippen molar-refractivity contribution in [3.05, 3.63) is 118 Å². The Morgan fingerprint density at radius 2 is 1.59 bits per heavy atom. The molecule has 0 aliphatic heterocycles. The molecule has 4 aromatic carbocycles. The Bertz CT molecular complexity index is 1760. The van der Waals surface area contributed by atoms with Crippen molar-refractivity contribution >= 4 is 10.8 Å². The Kier molecular flexibility index (Phi) is 6.82. The van der Waals surface area contributed by atoms with E-state index in [0.29, 0.717) is 18.9 Å². The van der Waals surface area contributed by atoms with E-state index in [-0.39, 0.29) is 5.69 Å². The second-order valence-corrected chi connectivity index (χ2v) is 9.68. The molecule has 0 saturated carbocycles. The summed E-state index contributed by atoms with van der Waals surface area (Å²) in [5.41, 5.74) is 5.07. The number of nitrogens with one attached hydrogen (secondary N) is 1. The van der Waals surface area contributed by atoms with Crippen molar-refractivity contribution in [2.24, 2.45) is 0 Å². The van der Waals surface area contributed by atoms with Crippen molar-refractivity contribution in [2.45, 2.75) is 39.3 Å². The van der Waals surface area contributed by atoms with Crippen molar-refractivity contribution in [2.75, 3.05) is 0 Å². The van der Waals surface area contributed by atoms with Crippen LogP contribution in [0.2, 0.25) is 0 Å². The molecule has 8 heteroatoms. The van der Waals surface area contributed by atoms with E-state index in [1.54, 1.807) is 4.68 Å². The number of H-pyrrole nitrogens is 1. The number of unbranched alkanes of at least 4 members (excludes halogenated alkanes) is 1. The van der Waals surface area contributed by atoms with Crippen molar-refractivity contribution in [1.82, 2.24) is 35.0 Å². The van der Waals surface area contributed by atoms with Crippen LogP contribution in [0, 0.1) is 0 Å². The summed E-state index contributed by atoms with van der Waals surface area (Å²) in [6, 6.07) is 30.8. The monoisotopic (exact) mass is 515 g/mol. The molecule has 0 saturated heterocycles. The van der Waals surface area contributed by atoms with Crippen molar-refractivity contribution in [3.63, 3.8) is 0 Å². The average molecular weight is 516 g/mol. The summed E-state index contributed by atoms with van der Waals surface area (Å²) in [5, 5.41) is 21.5. The third-order valence-corrected chi connectivity index (χ3v) is 7.09. The van der Waals surface area contributed by atoms with Gasteiger partial charge in [0.25, 0.3) is 0 Å². The molecular formula is C31H29N7O. The maximum Gasteiger partial charge on any atom is 0.346 e. The molecule has 0 atom stereocenters. The SMILES string of the molecule is CCCCc1nn(Cc2cccc3ccccc23)c(=O)n1Cc1ccc(-c2ccccc2-c2nnn[nH]2)cc1. The number of aryl methyl sites for hydroxylation is 1. The van der Waals surface area contributed by atoms with Gasteiger partial charge in [-0.25, -0.2) is 14.6 Å². The van der Waals surface area contributed by atoms with Crippen LogP contribution in [0.25, 0.3) is 33.3 Å². The molecule has 2 heterocycles. The number of tetrazole rings is 1. The molecule has 0 bridgehead atoms. The van der Waals surface area contributed by atoms with Gasteiger partial charge in [-0.05, 0) is 49.9 Å². The summed E-state index contributed by atoms with van der Waals surface area (Å²) in [5.74, 6) is 1.45. The van der Waals surface area contributed by atoms with Crippen LogP contribution in [0.3, 0.4) is 0 Å². The van der Waals surface area contributed by atoms with Gasteiger partial charge in [0, 0.05) is 12.0 Å². The highest BCUT2D eigenvalue weighted by Gasteiger charge is 2.15. The zero-order valence-electron chi connectivity index (χ0n) is 21.8. The largest absolute Gasteiger partial charge is 0.346 e. The van der Waals surface area contributed by atoms with Gasteiger partial charge in [-0.2, -0.15) is 5.10 Å². The Morgan fingerprint density at radius 3 is 2.38 bits per heavy atom. The van der Waals surface area contributed by atoms with Gasteiger partial charge in [-0.1, -0.05) is 104 Å². The van der Waals surface area contributed by atoms with Gasteiger partial charge in [0.2, 0.25) is 0 Å². The highest BCUT2D eigenvalue weighted by atomic mass is 16.2. The molecule has 1 N–H and O–H groups in total. The minimum Gasteiger partial charge on any atom is -0.274 e. The highest BCUT2D eigenvalue weighted by molar-refractivity contribution is 5.85. The first-order valence-electron chi connectivity index (χ1n) is 13.3. The molecular weight excluding hydrogens is 486 g/mol. The fourth-order valence-corrected chi connectivity index (χ4v) is 5.05. The Balaban J connectivity index is 1.30. The molecule has 6 aromatic rings. The van der Waals surface area contributed by atoms with E-state index < -0.39 is 0 Å². The van der Waals surface area contributed by atoms with E-state index in [2.05, 4.69) is 82.1 Å². The van der Waals surface area contributed by atoms with Gasteiger partial charge in [0.15, 0.2) is 5.82 Å². The van der Waals surface area contributed by atoms with Gasteiger partial charge >= 0.3 is 5.69 Å². The molecule has 2 aromatic heterocycles. The average Bonchev–Trinajstić information content (AvgIpc) is 3.62. The molecule has 0 radical (unpaired) electrons. The quantitative estimate of drug-likeness (QED) is 0.275. The molecule has 0 fully saturated rings. The second-order valence-electron chi connectivity index (χ2n) is 9.68. The number of hydrogen-bond donors (Lipinski definition) is 1. The van der Waals surface area contributed by atoms with Crippen LogP contribution in [-0.2, 0) is 19.5 Å². The minimum absolute atomic E-state index is 0.0821. The molecule has 0 amide bonds. The summed E-state index contributed by atoms with van der Waals surface area (Å²) < 4.78 is 3.44. The summed E-state index contributed by atoms with van der Waals surface area (Å²) in [7, 11) is 0. The smallest absolute Gasteiger partial charge is 0.274 e. The van der Waals surface area contributed by atoms with Crippen molar-refractivity contribution in [3.8, 4) is 22.5 Å². The number of benzene rings is 4. The summed E-state index contributed by atoms with van der Waals surface area (Å²) in [6.07, 6.45) is 2.79. The number of fused-ring (bicyclic) bond motifs is 1. The standard InChI is InChI=1S/C31H29N7O/c1-2-3-15-29-34-38(21-25-11-8-10-23-9-4-5-12-26(23)25)31(39)37(29)20-22-16-18-24(19-17-22)27-13-6-7-14-28(27)30-32-35-36-33-30/h4-14,16-19H,2-3,15,20-21H2,1H3,(H,32,33,35,36). The van der Waals surface area contributed by atoms with E-state index in [9.17, 15) is 4.79 Å². The van der Waals surface area contributed by atoms with Crippen LogP contribution in [0.1, 0.15) is 36.7 Å². The fourth-order valence-electron chi connectivity index (χ4n) is 5.05. The lowest BCUT2D eigenvalue weighted by Crippen LogP contribution is -2.26. The van der Waals surface area contributed by atoms with Crippen LogP contribution in [0.15, 0.2) is 95.8 Å². The first kappa shape index (κ1) is 24.5. The molecule has 8 nitrogen and oxygen atoms in total. The lowest BCUT2D eigenvalue weighted by atomic mass is 9.98. The van der Waals surface area contributed by atoms with E-state index in [4.69, 9.17) is 5.10 Å². The first-order chi connectivity index (χ1) is 19.2. The number of aromatic amines is 1. The molecule has 0 aliphatic rings. The van der Waals surface area contributed by atoms with E-state index in [0.717, 1.165) is 63.7 Å². The normalized spacial score (nSPS) is 11.3. The molecule has 6 rings (SSSR count). The number of rotatable bonds is 9. The number of hydrogen-bond acceptors (Lipinski definition) is 5. The van der Waals surface area contributed by atoms with E-state index in [1.807, 2.05) is 41.0 Å². The number of aromatic nitrogens is 7. The van der Waals surface area contributed by atoms with Gasteiger partial charge in [-0.3, -0.25) is 4.57 Å². The van der Waals surface area contributed by atoms with Crippen LogP contribution in [0.5, 0.6) is 0 Å². The van der Waals surface area contributed by atoms with Crippen molar-refractivity contribution in [1.29, 1.82) is 0 Å². The maximum absolute atomic E-state index is 13.6. The van der Waals surface area contributed by atoms with E-state index in [1.165, 1.54) is 0 Å². The summed E-state index contributed by atoms with van der Waals surface area (Å²) in [4.78, 5) is 13.6. The van der Waals surface area contributed by atoms with Gasteiger partial charge in [0.1, 0.15) is 5.82 Å². The fraction of sp³-hybridized carbons (Fsp3) is 0.194. The van der Waals surface area contributed by atoms with Crippen LogP contribution >= 0.6 is 0 Å². The molecule has 194 valence electrons. The van der Waals surface area contributed by atoms with Gasteiger partial charge < -0.3 is 0 Å². The van der Waals surface area contributed by atoms with Gasteiger partial charge in [0.05, 0.1) is 13.1 Å². The third kappa shape index (κ3) is 5.01. The molecule has 0 unspecified atom stereocenters. The topological polar surface area (TPSA) is 94.3 Å².